The summed E-state index contributed by atoms with van der Waals surface area (Å²) in [7, 11) is 0. The first-order valence-electron chi connectivity index (χ1n) is 9.04. The largest absolute Gasteiger partial charge is 0.483 e. The molecule has 2 heterocycles. The number of para-hydroxylation sites is 2. The second kappa shape index (κ2) is 9.27. The zero-order chi connectivity index (χ0) is 20.0. The smallest absolute Gasteiger partial charge is 0.290 e. The Morgan fingerprint density at radius 3 is 2.44 bits per heavy atom. The Morgan fingerprint density at radius 2 is 1.85 bits per heavy atom. The maximum absolute atomic E-state index is 9.75. The molecule has 8 nitrogen and oxygen atoms in total. The lowest BCUT2D eigenvalue weighted by Crippen LogP contribution is -2.18. The van der Waals surface area contributed by atoms with Crippen molar-refractivity contribution in [3.8, 4) is 0 Å². The minimum Gasteiger partial charge on any atom is -0.483 e. The monoisotopic (exact) mass is 373 g/mol. The van der Waals surface area contributed by atoms with Crippen LogP contribution in [0.5, 0.6) is 0 Å². The van der Waals surface area contributed by atoms with Crippen LogP contribution in [0.15, 0.2) is 24.3 Å². The van der Waals surface area contributed by atoms with E-state index in [4.69, 9.17) is 14.9 Å². The normalized spacial score (nSPS) is 12.1. The minimum absolute atomic E-state index is 0.250. The molecular weight excluding hydrogens is 346 g/mol. The molecule has 1 unspecified atom stereocenters. The summed E-state index contributed by atoms with van der Waals surface area (Å²) >= 11 is 0. The number of fused-ring (bicyclic) bond motifs is 1. The van der Waals surface area contributed by atoms with Crippen LogP contribution < -0.4 is 0 Å². The first-order chi connectivity index (χ1) is 12.9. The first-order valence-corrected chi connectivity index (χ1v) is 9.04. The molecule has 2 N–H and O–H groups in total. The lowest BCUT2D eigenvalue weighted by Gasteiger charge is -2.13. The summed E-state index contributed by atoms with van der Waals surface area (Å²) in [6.45, 7) is 8.91. The van der Waals surface area contributed by atoms with Gasteiger partial charge in [0.2, 0.25) is 0 Å². The first kappa shape index (κ1) is 20.6. The van der Waals surface area contributed by atoms with Crippen LogP contribution in [0.1, 0.15) is 51.1 Å². The lowest BCUT2D eigenvalue weighted by molar-refractivity contribution is -0.122. The summed E-state index contributed by atoms with van der Waals surface area (Å²) in [6.07, 6.45) is 0.320. The Hall–Kier alpha value is -2.74. The molecule has 3 aromatic rings. The lowest BCUT2D eigenvalue weighted by atomic mass is 10.2. The topological polar surface area (TPSA) is 106 Å². The van der Waals surface area contributed by atoms with Crippen molar-refractivity contribution in [2.24, 2.45) is 0 Å². The van der Waals surface area contributed by atoms with E-state index in [0.29, 0.717) is 19.0 Å². The molecule has 0 aliphatic heterocycles. The highest BCUT2D eigenvalue weighted by atomic mass is 16.3. The Morgan fingerprint density at radius 1 is 1.19 bits per heavy atom. The number of nitrogens with zero attached hydrogens (tertiary/aromatic N) is 5. The molecule has 0 radical (unpaired) electrons. The van der Waals surface area contributed by atoms with E-state index >= 15 is 0 Å². The van der Waals surface area contributed by atoms with Gasteiger partial charge in [0, 0.05) is 12.3 Å². The van der Waals surface area contributed by atoms with E-state index in [9.17, 15) is 5.11 Å². The van der Waals surface area contributed by atoms with Crippen molar-refractivity contribution >= 4 is 17.5 Å². The molecule has 0 saturated carbocycles. The van der Waals surface area contributed by atoms with Crippen LogP contribution in [-0.4, -0.2) is 47.1 Å². The van der Waals surface area contributed by atoms with Gasteiger partial charge in [0.25, 0.3) is 6.47 Å². The van der Waals surface area contributed by atoms with Crippen molar-refractivity contribution in [3.05, 3.63) is 41.7 Å². The SMILES string of the molecule is CCc1nc(Cn2c(C(C)C)nc3ccccc32)n(CC(C)O)n1.O=CO. The van der Waals surface area contributed by atoms with Gasteiger partial charge in [-0.2, -0.15) is 5.10 Å². The molecule has 0 saturated heterocycles. The Balaban J connectivity index is 0.000000817. The number of hydrogen-bond acceptors (Lipinski definition) is 5. The van der Waals surface area contributed by atoms with Gasteiger partial charge in [0.1, 0.15) is 11.6 Å². The molecule has 8 heteroatoms. The fourth-order valence-corrected chi connectivity index (χ4v) is 2.93. The van der Waals surface area contributed by atoms with Crippen molar-refractivity contribution < 1.29 is 15.0 Å². The molecule has 3 rings (SSSR count). The van der Waals surface area contributed by atoms with Crippen LogP contribution >= 0.6 is 0 Å². The predicted octanol–water partition coefficient (Wildman–Crippen LogP) is 2.44. The van der Waals surface area contributed by atoms with Gasteiger partial charge >= 0.3 is 0 Å². The highest BCUT2D eigenvalue weighted by Gasteiger charge is 2.17. The number of aliphatic hydroxyl groups excluding tert-OH is 1. The molecule has 0 fully saturated rings. The van der Waals surface area contributed by atoms with Crippen molar-refractivity contribution in [2.45, 2.75) is 59.2 Å². The fraction of sp³-hybridized carbons (Fsp3) is 0.474. The van der Waals surface area contributed by atoms with E-state index in [-0.39, 0.29) is 6.47 Å². The summed E-state index contributed by atoms with van der Waals surface area (Å²) < 4.78 is 4.03. The molecule has 1 atom stereocenters. The van der Waals surface area contributed by atoms with E-state index in [0.717, 1.165) is 34.9 Å². The van der Waals surface area contributed by atoms with Gasteiger partial charge in [0.15, 0.2) is 5.82 Å². The van der Waals surface area contributed by atoms with E-state index in [1.807, 2.05) is 29.8 Å². The average molecular weight is 373 g/mol. The second-order valence-electron chi connectivity index (χ2n) is 6.63. The summed E-state index contributed by atoms with van der Waals surface area (Å²) in [6, 6.07) is 8.16. The molecular formula is C19H27N5O3. The van der Waals surface area contributed by atoms with Gasteiger partial charge in [-0.15, -0.1) is 0 Å². The summed E-state index contributed by atoms with van der Waals surface area (Å²) in [5.74, 6) is 3.02. The summed E-state index contributed by atoms with van der Waals surface area (Å²) in [4.78, 5) is 17.8. The standard InChI is InChI=1S/C18H25N5O.CH2O2/c1-5-16-20-17(23(21-16)10-13(4)24)11-22-15-9-7-6-8-14(15)19-18(22)12(2)3;2-1-3/h6-9,12-13,24H,5,10-11H2,1-4H3;1H,(H,2,3). The number of carboxylic acid groups (broad SMARTS) is 1. The molecule has 0 aliphatic carbocycles. The van der Waals surface area contributed by atoms with Gasteiger partial charge in [-0.1, -0.05) is 32.9 Å². The third-order valence-corrected chi connectivity index (χ3v) is 4.05. The number of aryl methyl sites for hydroxylation is 1. The van der Waals surface area contributed by atoms with E-state index in [1.165, 1.54) is 0 Å². The van der Waals surface area contributed by atoms with Crippen molar-refractivity contribution in [2.75, 3.05) is 0 Å². The van der Waals surface area contributed by atoms with Gasteiger partial charge in [0.05, 0.1) is 30.2 Å². The van der Waals surface area contributed by atoms with E-state index in [1.54, 1.807) is 6.92 Å². The molecule has 27 heavy (non-hydrogen) atoms. The number of hydrogen-bond donors (Lipinski definition) is 2. The fourth-order valence-electron chi connectivity index (χ4n) is 2.93. The zero-order valence-electron chi connectivity index (χ0n) is 16.2. The van der Waals surface area contributed by atoms with Crippen molar-refractivity contribution in [1.82, 2.24) is 24.3 Å². The Bertz CT molecular complexity index is 883. The molecule has 146 valence electrons. The Kier molecular flexibility index (Phi) is 7.06. The molecule has 0 amide bonds. The molecule has 2 aromatic heterocycles. The average Bonchev–Trinajstić information content (AvgIpc) is 3.17. The maximum atomic E-state index is 9.75. The summed E-state index contributed by atoms with van der Waals surface area (Å²) in [5.41, 5.74) is 2.10. The van der Waals surface area contributed by atoms with Gasteiger partial charge in [-0.05, 0) is 19.1 Å². The molecule has 0 aliphatic rings. The number of imidazole rings is 1. The number of benzene rings is 1. The number of carbonyl (C=O) groups is 1. The van der Waals surface area contributed by atoms with Crippen LogP contribution in [-0.2, 0) is 24.3 Å². The van der Waals surface area contributed by atoms with Gasteiger partial charge in [-0.3, -0.25) is 4.79 Å². The number of aromatic nitrogens is 5. The summed E-state index contributed by atoms with van der Waals surface area (Å²) in [5, 5.41) is 21.1. The second-order valence-corrected chi connectivity index (χ2v) is 6.63. The van der Waals surface area contributed by atoms with E-state index in [2.05, 4.69) is 34.6 Å². The third kappa shape index (κ3) is 4.91. The predicted molar refractivity (Wildman–Crippen MR) is 103 cm³/mol. The maximum Gasteiger partial charge on any atom is 0.290 e. The molecule has 0 spiro atoms. The van der Waals surface area contributed by atoms with E-state index < -0.39 is 6.10 Å². The molecule has 0 bridgehead atoms. The van der Waals surface area contributed by atoms with Crippen LogP contribution in [0.3, 0.4) is 0 Å². The van der Waals surface area contributed by atoms with Crippen LogP contribution in [0, 0.1) is 0 Å². The highest BCUT2D eigenvalue weighted by molar-refractivity contribution is 5.76. The van der Waals surface area contributed by atoms with Crippen LogP contribution in [0.25, 0.3) is 11.0 Å². The number of aliphatic hydroxyl groups is 1. The van der Waals surface area contributed by atoms with Gasteiger partial charge < -0.3 is 14.8 Å². The minimum atomic E-state index is -0.459. The zero-order valence-corrected chi connectivity index (χ0v) is 16.2. The highest BCUT2D eigenvalue weighted by Crippen LogP contribution is 2.22. The van der Waals surface area contributed by atoms with Gasteiger partial charge in [-0.25, -0.2) is 14.6 Å². The van der Waals surface area contributed by atoms with Crippen LogP contribution in [0.2, 0.25) is 0 Å². The van der Waals surface area contributed by atoms with Crippen molar-refractivity contribution in [1.29, 1.82) is 0 Å². The molecule has 1 aromatic carbocycles. The van der Waals surface area contributed by atoms with Crippen molar-refractivity contribution in [3.63, 3.8) is 0 Å². The number of rotatable bonds is 6. The Labute approximate surface area is 158 Å². The quantitative estimate of drug-likeness (QED) is 0.643. The third-order valence-electron chi connectivity index (χ3n) is 4.05. The van der Waals surface area contributed by atoms with Crippen LogP contribution in [0.4, 0.5) is 0 Å².